The molecular weight excluding hydrogens is 440 g/mol. The number of hydrogen-bond donors (Lipinski definition) is 2. The van der Waals surface area contributed by atoms with Crippen LogP contribution in [0.2, 0.25) is 5.02 Å². The minimum atomic E-state index is -3.74. The molecule has 8 heteroatoms. The second-order valence-electron chi connectivity index (χ2n) is 6.64. The molecule has 2 N–H and O–H groups in total. The van der Waals surface area contributed by atoms with Crippen LogP contribution in [-0.2, 0) is 10.0 Å². The molecule has 0 spiro atoms. The van der Waals surface area contributed by atoms with Crippen molar-refractivity contribution in [2.75, 3.05) is 10.0 Å². The predicted octanol–water partition coefficient (Wildman–Crippen LogP) is 5.92. The van der Waals surface area contributed by atoms with Gasteiger partial charge in [-0.05, 0) is 48.9 Å². The van der Waals surface area contributed by atoms with Crippen molar-refractivity contribution in [2.24, 2.45) is 0 Å². The van der Waals surface area contributed by atoms with E-state index in [1.807, 2.05) is 43.3 Å². The summed E-state index contributed by atoms with van der Waals surface area (Å²) in [5.74, 6) is -0.338. The van der Waals surface area contributed by atoms with Crippen LogP contribution in [0.1, 0.15) is 15.2 Å². The molecule has 0 atom stereocenters. The van der Waals surface area contributed by atoms with E-state index in [1.165, 1.54) is 23.5 Å². The van der Waals surface area contributed by atoms with Crippen molar-refractivity contribution in [3.63, 3.8) is 0 Å². The number of carbonyl (C=O) groups excluding carboxylic acids is 1. The van der Waals surface area contributed by atoms with Gasteiger partial charge in [-0.3, -0.25) is 9.52 Å². The monoisotopic (exact) mass is 456 g/mol. The maximum absolute atomic E-state index is 12.6. The third kappa shape index (κ3) is 4.05. The highest BCUT2D eigenvalue weighted by Gasteiger charge is 2.18. The Morgan fingerprint density at radius 3 is 2.30 bits per heavy atom. The molecule has 0 aliphatic rings. The van der Waals surface area contributed by atoms with Gasteiger partial charge in [-0.25, -0.2) is 8.42 Å². The van der Waals surface area contributed by atoms with E-state index >= 15 is 0 Å². The van der Waals surface area contributed by atoms with Crippen molar-refractivity contribution < 1.29 is 13.2 Å². The number of benzene rings is 3. The number of amides is 1. The number of sulfonamides is 1. The van der Waals surface area contributed by atoms with E-state index in [-0.39, 0.29) is 10.8 Å². The van der Waals surface area contributed by atoms with Crippen LogP contribution in [0, 0.1) is 6.92 Å². The molecule has 1 heterocycles. The lowest BCUT2D eigenvalue weighted by Gasteiger charge is -2.11. The second-order valence-corrected chi connectivity index (χ2v) is 9.75. The summed E-state index contributed by atoms with van der Waals surface area (Å²) in [4.78, 5) is 13.2. The molecule has 3 aromatic carbocycles. The van der Waals surface area contributed by atoms with Gasteiger partial charge in [-0.1, -0.05) is 48.0 Å². The van der Waals surface area contributed by atoms with Crippen LogP contribution in [-0.4, -0.2) is 14.3 Å². The quantitative estimate of drug-likeness (QED) is 0.391. The van der Waals surface area contributed by atoms with Gasteiger partial charge in [-0.15, -0.1) is 11.3 Å². The van der Waals surface area contributed by atoms with E-state index in [0.29, 0.717) is 21.3 Å². The van der Waals surface area contributed by atoms with E-state index in [9.17, 15) is 13.2 Å². The van der Waals surface area contributed by atoms with Crippen LogP contribution < -0.4 is 10.0 Å². The molecule has 0 saturated heterocycles. The van der Waals surface area contributed by atoms with E-state index in [4.69, 9.17) is 11.6 Å². The molecule has 0 saturated carbocycles. The summed E-state index contributed by atoms with van der Waals surface area (Å²) >= 11 is 7.67. The number of anilines is 2. The molecule has 5 nitrogen and oxygen atoms in total. The van der Waals surface area contributed by atoms with Gasteiger partial charge in [0.2, 0.25) is 0 Å². The van der Waals surface area contributed by atoms with Crippen LogP contribution >= 0.6 is 22.9 Å². The number of halogens is 1. The summed E-state index contributed by atoms with van der Waals surface area (Å²) in [6.07, 6.45) is 0. The van der Waals surface area contributed by atoms with Crippen molar-refractivity contribution in [1.29, 1.82) is 0 Å². The average molecular weight is 457 g/mol. The van der Waals surface area contributed by atoms with E-state index in [0.717, 1.165) is 15.6 Å². The lowest BCUT2D eigenvalue weighted by Crippen LogP contribution is -2.14. The number of rotatable bonds is 5. The fourth-order valence-corrected chi connectivity index (χ4v) is 5.50. The zero-order valence-electron chi connectivity index (χ0n) is 15.8. The molecule has 30 heavy (non-hydrogen) atoms. The fourth-order valence-electron chi connectivity index (χ4n) is 2.96. The summed E-state index contributed by atoms with van der Waals surface area (Å²) in [7, 11) is -3.74. The van der Waals surface area contributed by atoms with Crippen molar-refractivity contribution in [3.8, 4) is 0 Å². The first-order valence-corrected chi connectivity index (χ1v) is 11.7. The summed E-state index contributed by atoms with van der Waals surface area (Å²) in [6, 6.07) is 20.7. The number of fused-ring (bicyclic) bond motifs is 1. The molecular formula is C22H17ClN2O3S2. The van der Waals surface area contributed by atoms with Gasteiger partial charge < -0.3 is 5.32 Å². The normalized spacial score (nSPS) is 11.4. The molecule has 1 aromatic heterocycles. The van der Waals surface area contributed by atoms with E-state index in [2.05, 4.69) is 10.0 Å². The standard InChI is InChI=1S/C22H17ClN2O3S2/c1-14-6-2-4-8-18(14)25-30(27,28)16-12-10-15(11-13-16)24-22(26)21-20(23)17-7-3-5-9-19(17)29-21/h2-13,25H,1H3,(H,24,26). The number of carbonyl (C=O) groups is 1. The SMILES string of the molecule is Cc1ccccc1NS(=O)(=O)c1ccc(NC(=O)c2sc3ccccc3c2Cl)cc1. The third-order valence-electron chi connectivity index (χ3n) is 4.55. The van der Waals surface area contributed by atoms with Crippen LogP contribution in [0.3, 0.4) is 0 Å². The molecule has 0 aliphatic carbocycles. The topological polar surface area (TPSA) is 75.3 Å². The second kappa shape index (κ2) is 8.10. The average Bonchev–Trinajstić information content (AvgIpc) is 3.07. The lowest BCUT2D eigenvalue weighted by atomic mass is 10.2. The van der Waals surface area contributed by atoms with E-state index < -0.39 is 10.0 Å². The Morgan fingerprint density at radius 1 is 0.933 bits per heavy atom. The van der Waals surface area contributed by atoms with Crippen LogP contribution in [0.25, 0.3) is 10.1 Å². The maximum Gasteiger partial charge on any atom is 0.267 e. The molecule has 1 amide bonds. The summed E-state index contributed by atoms with van der Waals surface area (Å²) in [6.45, 7) is 1.83. The summed E-state index contributed by atoms with van der Waals surface area (Å²) in [5, 5.41) is 4.01. The highest BCUT2D eigenvalue weighted by Crippen LogP contribution is 2.35. The molecule has 4 rings (SSSR count). The Morgan fingerprint density at radius 2 is 1.60 bits per heavy atom. The van der Waals surface area contributed by atoms with Crippen LogP contribution in [0.5, 0.6) is 0 Å². The number of para-hydroxylation sites is 1. The lowest BCUT2D eigenvalue weighted by molar-refractivity contribution is 0.103. The fraction of sp³-hybridized carbons (Fsp3) is 0.0455. The Balaban J connectivity index is 1.52. The molecule has 152 valence electrons. The zero-order chi connectivity index (χ0) is 21.3. The maximum atomic E-state index is 12.6. The van der Waals surface area contributed by atoms with Gasteiger partial charge in [-0.2, -0.15) is 0 Å². The molecule has 0 unspecified atom stereocenters. The zero-order valence-corrected chi connectivity index (χ0v) is 18.2. The largest absolute Gasteiger partial charge is 0.321 e. The van der Waals surface area contributed by atoms with Gasteiger partial charge in [0.05, 0.1) is 15.6 Å². The minimum absolute atomic E-state index is 0.101. The highest BCUT2D eigenvalue weighted by atomic mass is 35.5. The predicted molar refractivity (Wildman–Crippen MR) is 123 cm³/mol. The number of nitrogens with one attached hydrogen (secondary N) is 2. The first kappa shape index (κ1) is 20.4. The van der Waals surface area contributed by atoms with Gasteiger partial charge in [0.1, 0.15) is 4.88 Å². The minimum Gasteiger partial charge on any atom is -0.321 e. The van der Waals surface area contributed by atoms with Crippen LogP contribution in [0.4, 0.5) is 11.4 Å². The highest BCUT2D eigenvalue weighted by molar-refractivity contribution is 7.92. The Bertz CT molecular complexity index is 1350. The smallest absolute Gasteiger partial charge is 0.267 e. The third-order valence-corrected chi connectivity index (χ3v) is 7.61. The van der Waals surface area contributed by atoms with Gasteiger partial charge in [0.25, 0.3) is 15.9 Å². The molecule has 0 radical (unpaired) electrons. The molecule has 0 bridgehead atoms. The van der Waals surface area contributed by atoms with Crippen LogP contribution in [0.15, 0.2) is 77.7 Å². The summed E-state index contributed by atoms with van der Waals surface area (Å²) < 4.78 is 28.8. The number of hydrogen-bond acceptors (Lipinski definition) is 4. The van der Waals surface area contributed by atoms with Crippen molar-refractivity contribution in [3.05, 3.63) is 88.3 Å². The van der Waals surface area contributed by atoms with Crippen molar-refractivity contribution >= 4 is 60.3 Å². The first-order valence-electron chi connectivity index (χ1n) is 9.02. The summed E-state index contributed by atoms with van der Waals surface area (Å²) in [5.41, 5.74) is 1.82. The Hall–Kier alpha value is -2.87. The van der Waals surface area contributed by atoms with Crippen molar-refractivity contribution in [2.45, 2.75) is 11.8 Å². The Kier molecular flexibility index (Phi) is 5.51. The van der Waals surface area contributed by atoms with E-state index in [1.54, 1.807) is 24.3 Å². The first-order chi connectivity index (χ1) is 14.3. The number of aryl methyl sites for hydroxylation is 1. The molecule has 4 aromatic rings. The van der Waals surface area contributed by atoms with Crippen molar-refractivity contribution in [1.82, 2.24) is 0 Å². The van der Waals surface area contributed by atoms with Gasteiger partial charge >= 0.3 is 0 Å². The number of thiophene rings is 1. The Labute approximate surface area is 183 Å². The molecule has 0 aliphatic heterocycles. The van der Waals surface area contributed by atoms with Gasteiger partial charge in [0.15, 0.2) is 0 Å². The van der Waals surface area contributed by atoms with Gasteiger partial charge in [0, 0.05) is 15.8 Å². The molecule has 0 fully saturated rings.